The van der Waals surface area contributed by atoms with E-state index in [0.29, 0.717) is 18.3 Å². The van der Waals surface area contributed by atoms with Gasteiger partial charge in [-0.15, -0.1) is 0 Å². The Morgan fingerprint density at radius 3 is 2.17 bits per heavy atom. The van der Waals surface area contributed by atoms with Crippen molar-refractivity contribution >= 4 is 33.4 Å². The van der Waals surface area contributed by atoms with E-state index in [4.69, 9.17) is 15.0 Å². The molecule has 0 bridgehead atoms. The van der Waals surface area contributed by atoms with Crippen LogP contribution >= 0.6 is 0 Å². The van der Waals surface area contributed by atoms with Gasteiger partial charge in [0.15, 0.2) is 0 Å². The second kappa shape index (κ2) is 12.8. The van der Waals surface area contributed by atoms with Gasteiger partial charge in [0.2, 0.25) is 0 Å². The second-order valence-electron chi connectivity index (χ2n) is 8.73. The summed E-state index contributed by atoms with van der Waals surface area (Å²) in [7, 11) is -3.63. The topological polar surface area (TPSA) is 113 Å². The van der Waals surface area contributed by atoms with Crippen LogP contribution in [0.2, 0.25) is 0 Å². The van der Waals surface area contributed by atoms with Crippen molar-refractivity contribution < 1.29 is 23.4 Å². The van der Waals surface area contributed by atoms with Gasteiger partial charge in [0.25, 0.3) is 0 Å². The summed E-state index contributed by atoms with van der Waals surface area (Å²) < 4.78 is 29.8. The fourth-order valence-electron chi connectivity index (χ4n) is 4.54. The number of likely N-dealkylation sites (tertiary alicyclic amines) is 1. The van der Waals surface area contributed by atoms with Crippen LogP contribution in [0.5, 0.6) is 0 Å². The SMILES string of the molecule is CCCCN1CCC(NCCCN2c3ccccc3N(c3ccccc3)S2(=O)=O)CC1.O=C(O)O. The van der Waals surface area contributed by atoms with E-state index in [1.807, 2.05) is 54.6 Å². The summed E-state index contributed by atoms with van der Waals surface area (Å²) in [5, 5.41) is 17.6. The van der Waals surface area contributed by atoms with Crippen LogP contribution in [0.4, 0.5) is 21.9 Å². The van der Waals surface area contributed by atoms with Gasteiger partial charge in [-0.2, -0.15) is 8.42 Å². The maximum Gasteiger partial charge on any atom is 0.503 e. The molecule has 9 nitrogen and oxygen atoms in total. The van der Waals surface area contributed by atoms with Gasteiger partial charge in [-0.1, -0.05) is 43.7 Å². The van der Waals surface area contributed by atoms with Crippen LogP contribution in [0, 0.1) is 0 Å². The molecule has 0 radical (unpaired) electrons. The molecule has 0 unspecified atom stereocenters. The smallest absolute Gasteiger partial charge is 0.450 e. The van der Waals surface area contributed by atoms with Gasteiger partial charge in [-0.25, -0.2) is 9.10 Å². The fraction of sp³-hybridized carbons (Fsp3) is 0.480. The Kier molecular flexibility index (Phi) is 9.76. The normalized spacial score (nSPS) is 17.5. The van der Waals surface area contributed by atoms with Crippen LogP contribution in [0.15, 0.2) is 54.6 Å². The Hall–Kier alpha value is -2.82. The number of anilines is 3. The predicted octanol–water partition coefficient (Wildman–Crippen LogP) is 4.36. The summed E-state index contributed by atoms with van der Waals surface area (Å²) in [6.45, 7) is 7.10. The van der Waals surface area contributed by atoms with Gasteiger partial charge in [0, 0.05) is 12.6 Å². The third kappa shape index (κ3) is 7.09. The molecular formula is C25H36N4O5S. The number of nitrogens with zero attached hydrogens (tertiary/aromatic N) is 3. The molecule has 2 aromatic carbocycles. The molecule has 35 heavy (non-hydrogen) atoms. The molecule has 0 aromatic heterocycles. The first-order valence-electron chi connectivity index (χ1n) is 12.2. The van der Waals surface area contributed by atoms with Crippen LogP contribution in [0.25, 0.3) is 0 Å². The van der Waals surface area contributed by atoms with Gasteiger partial charge >= 0.3 is 16.4 Å². The lowest BCUT2D eigenvalue weighted by Crippen LogP contribution is -2.43. The number of unbranched alkanes of at least 4 members (excludes halogenated alkanes) is 1. The van der Waals surface area contributed by atoms with Crippen molar-refractivity contribution in [1.82, 2.24) is 10.2 Å². The number of rotatable bonds is 9. The quantitative estimate of drug-likeness (QED) is 0.435. The zero-order valence-corrected chi connectivity index (χ0v) is 21.0. The highest BCUT2D eigenvalue weighted by atomic mass is 32.2. The third-order valence-corrected chi connectivity index (χ3v) is 8.06. The van der Waals surface area contributed by atoms with Crippen LogP contribution in [0.3, 0.4) is 0 Å². The Labute approximate surface area is 208 Å². The van der Waals surface area contributed by atoms with Crippen LogP contribution < -0.4 is 13.9 Å². The van der Waals surface area contributed by atoms with E-state index < -0.39 is 16.4 Å². The number of nitrogens with one attached hydrogen (secondary N) is 1. The molecule has 0 atom stereocenters. The lowest BCUT2D eigenvalue weighted by atomic mass is 10.0. The van der Waals surface area contributed by atoms with E-state index in [1.165, 1.54) is 36.5 Å². The molecule has 2 heterocycles. The predicted molar refractivity (Wildman–Crippen MR) is 139 cm³/mol. The number of hydrogen-bond donors (Lipinski definition) is 3. The lowest BCUT2D eigenvalue weighted by Gasteiger charge is -2.32. The van der Waals surface area contributed by atoms with E-state index in [1.54, 1.807) is 4.31 Å². The summed E-state index contributed by atoms with van der Waals surface area (Å²) >= 11 is 0. The standard InChI is InChI=1S/C24H34N4O2S.CH2O3/c1-2-3-17-26-19-14-21(15-20-26)25-16-9-18-27-23-12-7-8-13-24(23)28(31(27,29)30)22-10-5-4-6-11-22;2-1(3)4/h4-8,10-13,21,25H,2-3,9,14-20H2,1H3;(H2,2,3,4). The van der Waals surface area contributed by atoms with Crippen molar-refractivity contribution in [3.05, 3.63) is 54.6 Å². The largest absolute Gasteiger partial charge is 0.503 e. The second-order valence-corrected chi connectivity index (χ2v) is 10.4. The number of hydrogen-bond acceptors (Lipinski definition) is 5. The number of carboxylic acid groups (broad SMARTS) is 2. The molecule has 0 amide bonds. The molecule has 2 aliphatic heterocycles. The van der Waals surface area contributed by atoms with Crippen LogP contribution in [-0.4, -0.2) is 68.5 Å². The Balaban J connectivity index is 0.000000795. The Bertz CT molecular complexity index is 1040. The van der Waals surface area contributed by atoms with Gasteiger partial charge in [0.05, 0.1) is 17.1 Å². The summed E-state index contributed by atoms with van der Waals surface area (Å²) in [5.41, 5.74) is 2.15. The molecule has 4 rings (SSSR count). The van der Waals surface area contributed by atoms with E-state index in [-0.39, 0.29) is 0 Å². The molecule has 0 aliphatic carbocycles. The first-order chi connectivity index (χ1) is 16.8. The van der Waals surface area contributed by atoms with E-state index in [2.05, 4.69) is 17.1 Å². The molecule has 10 heteroatoms. The number of benzene rings is 2. The van der Waals surface area contributed by atoms with Gasteiger partial charge < -0.3 is 20.4 Å². The number of fused-ring (bicyclic) bond motifs is 1. The van der Waals surface area contributed by atoms with Crippen LogP contribution in [0.1, 0.15) is 39.0 Å². The molecule has 192 valence electrons. The highest BCUT2D eigenvalue weighted by Crippen LogP contribution is 2.44. The maximum absolute atomic E-state index is 13.4. The monoisotopic (exact) mass is 504 g/mol. The number of piperidine rings is 1. The first kappa shape index (κ1) is 26.8. The number of carbonyl (C=O) groups is 1. The minimum Gasteiger partial charge on any atom is -0.450 e. The van der Waals surface area contributed by atoms with Gasteiger partial charge in [-0.05, 0) is 76.1 Å². The maximum atomic E-state index is 13.4. The van der Waals surface area contributed by atoms with Gasteiger partial charge in [-0.3, -0.25) is 4.31 Å². The highest BCUT2D eigenvalue weighted by molar-refractivity contribution is 7.95. The summed E-state index contributed by atoms with van der Waals surface area (Å²) in [6.07, 6.45) is 3.84. The third-order valence-electron chi connectivity index (χ3n) is 6.26. The lowest BCUT2D eigenvalue weighted by molar-refractivity contribution is 0.137. The average Bonchev–Trinajstić information content (AvgIpc) is 3.07. The molecule has 1 fully saturated rings. The van der Waals surface area contributed by atoms with Crippen molar-refractivity contribution in [2.24, 2.45) is 0 Å². The molecule has 2 aromatic rings. The van der Waals surface area contributed by atoms with Crippen molar-refractivity contribution in [3.8, 4) is 0 Å². The molecule has 3 N–H and O–H groups in total. The molecule has 1 saturated heterocycles. The Morgan fingerprint density at radius 2 is 1.54 bits per heavy atom. The minimum atomic E-state index is -3.63. The molecular weight excluding hydrogens is 468 g/mol. The molecule has 2 aliphatic rings. The average molecular weight is 505 g/mol. The zero-order valence-electron chi connectivity index (χ0n) is 20.2. The highest BCUT2D eigenvalue weighted by Gasteiger charge is 2.40. The van der Waals surface area contributed by atoms with E-state index in [9.17, 15) is 8.42 Å². The van der Waals surface area contributed by atoms with Crippen molar-refractivity contribution in [3.63, 3.8) is 0 Å². The first-order valence-corrected chi connectivity index (χ1v) is 13.6. The van der Waals surface area contributed by atoms with Crippen molar-refractivity contribution in [2.75, 3.05) is 41.3 Å². The molecule has 0 spiro atoms. The molecule has 0 saturated carbocycles. The summed E-state index contributed by atoms with van der Waals surface area (Å²) in [5.74, 6) is 0. The zero-order chi connectivity index (χ0) is 25.3. The Morgan fingerprint density at radius 1 is 0.943 bits per heavy atom. The van der Waals surface area contributed by atoms with Crippen molar-refractivity contribution in [1.29, 1.82) is 0 Å². The minimum absolute atomic E-state index is 0.477. The fourth-order valence-corrected chi connectivity index (χ4v) is 6.29. The summed E-state index contributed by atoms with van der Waals surface area (Å²) in [4.78, 5) is 11.1. The van der Waals surface area contributed by atoms with E-state index >= 15 is 0 Å². The number of para-hydroxylation sites is 3. The van der Waals surface area contributed by atoms with Gasteiger partial charge in [0.1, 0.15) is 0 Å². The van der Waals surface area contributed by atoms with E-state index in [0.717, 1.165) is 37.4 Å². The summed E-state index contributed by atoms with van der Waals surface area (Å²) in [6, 6.07) is 17.4. The van der Waals surface area contributed by atoms with Crippen molar-refractivity contribution in [2.45, 2.75) is 45.1 Å². The van der Waals surface area contributed by atoms with Crippen LogP contribution in [-0.2, 0) is 10.2 Å².